The van der Waals surface area contributed by atoms with Gasteiger partial charge in [-0.25, -0.2) is 4.79 Å². The number of carboxylic acid groups (broad SMARTS) is 3. The molecule has 0 radical (unpaired) electrons. The van der Waals surface area contributed by atoms with Crippen molar-refractivity contribution in [2.24, 2.45) is 11.7 Å². The molecule has 0 aliphatic heterocycles. The number of nitrogens with one attached hydrogen (secondary N) is 3. The zero-order valence-electron chi connectivity index (χ0n) is 18.7. The number of aliphatic carboxylic acids is 3. The second kappa shape index (κ2) is 15.1. The number of carbonyl (C=O) groups is 6. The van der Waals surface area contributed by atoms with Crippen LogP contribution in [-0.4, -0.2) is 87.1 Å². The van der Waals surface area contributed by atoms with Gasteiger partial charge in [-0.15, -0.1) is 0 Å². The van der Waals surface area contributed by atoms with Crippen LogP contribution in [0.3, 0.4) is 0 Å². The maximum Gasteiger partial charge on any atom is 0.326 e. The lowest BCUT2D eigenvalue weighted by Crippen LogP contribution is -2.57. The number of carbonyl (C=O) groups excluding carboxylic acids is 3. The molecule has 0 saturated heterocycles. The zero-order valence-corrected chi connectivity index (χ0v) is 19.5. The summed E-state index contributed by atoms with van der Waals surface area (Å²) < 4.78 is 0. The average Bonchev–Trinajstić information content (AvgIpc) is 2.68. The molecule has 13 nitrogen and oxygen atoms in total. The van der Waals surface area contributed by atoms with E-state index in [1.165, 1.54) is 11.8 Å². The minimum absolute atomic E-state index is 0.0674. The molecule has 3 amide bonds. The van der Waals surface area contributed by atoms with Crippen LogP contribution in [0.1, 0.15) is 39.5 Å². The van der Waals surface area contributed by atoms with Crippen molar-refractivity contribution in [3.63, 3.8) is 0 Å². The second-order valence-corrected chi connectivity index (χ2v) is 8.72. The first-order chi connectivity index (χ1) is 15.3. The first-order valence-electron chi connectivity index (χ1n) is 10.1. The molecule has 0 aliphatic rings. The molecule has 0 unspecified atom stereocenters. The van der Waals surface area contributed by atoms with Gasteiger partial charge in [-0.3, -0.25) is 24.0 Å². The lowest BCUT2D eigenvalue weighted by Gasteiger charge is -2.25. The number of thioether (sulfide) groups is 1. The highest BCUT2D eigenvalue weighted by molar-refractivity contribution is 7.98. The van der Waals surface area contributed by atoms with Crippen molar-refractivity contribution < 1.29 is 44.1 Å². The molecule has 0 aromatic carbocycles. The predicted octanol–water partition coefficient (Wildman–Crippen LogP) is -1.40. The summed E-state index contributed by atoms with van der Waals surface area (Å²) in [4.78, 5) is 70.8. The minimum atomic E-state index is -1.83. The topological polar surface area (TPSA) is 225 Å². The third kappa shape index (κ3) is 12.7. The fourth-order valence-electron chi connectivity index (χ4n) is 2.66. The predicted molar refractivity (Wildman–Crippen MR) is 118 cm³/mol. The van der Waals surface area contributed by atoms with Crippen LogP contribution in [0.4, 0.5) is 0 Å². The Morgan fingerprint density at radius 2 is 1.24 bits per heavy atom. The van der Waals surface area contributed by atoms with Gasteiger partial charge in [0.05, 0.1) is 18.9 Å². The van der Waals surface area contributed by atoms with E-state index in [9.17, 15) is 28.8 Å². The lowest BCUT2D eigenvalue weighted by atomic mass is 10.0. The van der Waals surface area contributed by atoms with Crippen molar-refractivity contribution in [1.29, 1.82) is 0 Å². The Morgan fingerprint density at radius 3 is 1.70 bits per heavy atom. The highest BCUT2D eigenvalue weighted by Gasteiger charge is 2.32. The number of nitrogens with two attached hydrogens (primary N) is 1. The largest absolute Gasteiger partial charge is 0.481 e. The van der Waals surface area contributed by atoms with E-state index in [1.54, 1.807) is 13.8 Å². The van der Waals surface area contributed by atoms with Crippen molar-refractivity contribution in [2.75, 3.05) is 12.0 Å². The van der Waals surface area contributed by atoms with Gasteiger partial charge in [0.25, 0.3) is 0 Å². The monoisotopic (exact) mass is 492 g/mol. The maximum absolute atomic E-state index is 12.8. The van der Waals surface area contributed by atoms with Crippen molar-refractivity contribution in [1.82, 2.24) is 16.0 Å². The summed E-state index contributed by atoms with van der Waals surface area (Å²) in [7, 11) is 0. The molecule has 0 spiro atoms. The molecule has 0 aliphatic carbocycles. The molecule has 8 N–H and O–H groups in total. The van der Waals surface area contributed by atoms with Crippen molar-refractivity contribution in [2.45, 2.75) is 63.7 Å². The van der Waals surface area contributed by atoms with Gasteiger partial charge in [0.15, 0.2) is 0 Å². The lowest BCUT2D eigenvalue weighted by molar-refractivity contribution is -0.148. The Kier molecular flexibility index (Phi) is 13.7. The molecular formula is C19H32N4O9S. The van der Waals surface area contributed by atoms with E-state index in [1.807, 2.05) is 11.6 Å². The van der Waals surface area contributed by atoms with Crippen LogP contribution in [0.2, 0.25) is 0 Å². The molecule has 0 rings (SSSR count). The van der Waals surface area contributed by atoms with E-state index in [0.717, 1.165) is 0 Å². The number of hydrogen-bond donors (Lipinski definition) is 7. The van der Waals surface area contributed by atoms with Crippen LogP contribution in [-0.2, 0) is 28.8 Å². The summed E-state index contributed by atoms with van der Waals surface area (Å²) in [6.45, 7) is 3.57. The molecule has 0 aromatic heterocycles. The first-order valence-corrected chi connectivity index (χ1v) is 11.5. The minimum Gasteiger partial charge on any atom is -0.481 e. The van der Waals surface area contributed by atoms with E-state index in [0.29, 0.717) is 12.2 Å². The van der Waals surface area contributed by atoms with E-state index in [2.05, 4.69) is 10.6 Å². The smallest absolute Gasteiger partial charge is 0.326 e. The van der Waals surface area contributed by atoms with E-state index < -0.39 is 72.6 Å². The van der Waals surface area contributed by atoms with Gasteiger partial charge in [-0.05, 0) is 30.8 Å². The molecule has 0 saturated carbocycles. The third-order valence-corrected chi connectivity index (χ3v) is 4.96. The molecule has 14 heteroatoms. The summed E-state index contributed by atoms with van der Waals surface area (Å²) >= 11 is 1.49. The Morgan fingerprint density at radius 1 is 0.788 bits per heavy atom. The van der Waals surface area contributed by atoms with E-state index in [4.69, 9.17) is 21.1 Å². The molecule has 0 aromatic rings. The van der Waals surface area contributed by atoms with Gasteiger partial charge in [-0.1, -0.05) is 13.8 Å². The third-order valence-electron chi connectivity index (χ3n) is 4.31. The number of amides is 3. The van der Waals surface area contributed by atoms with Crippen molar-refractivity contribution in [3.8, 4) is 0 Å². The summed E-state index contributed by atoms with van der Waals surface area (Å²) in [5.74, 6) is -6.69. The van der Waals surface area contributed by atoms with Crippen LogP contribution in [0.25, 0.3) is 0 Å². The Hall–Kier alpha value is -2.87. The standard InChI is InChI=1S/C19H32N4O9S/c1-9(2)6-11(21-16(28)10(20)4-5-33-3)17(29)22-12(7-14(24)25)18(30)23-13(19(31)32)8-15(26)27/h9-13H,4-8,20H2,1-3H3,(H,21,28)(H,22,29)(H,23,30)(H,24,25)(H,26,27)(H,31,32)/t10-,11-,12-,13-/m0/s1. The fraction of sp³-hybridized carbons (Fsp3) is 0.684. The van der Waals surface area contributed by atoms with Crippen LogP contribution >= 0.6 is 11.8 Å². The fourth-order valence-corrected chi connectivity index (χ4v) is 3.15. The number of hydrogen-bond acceptors (Lipinski definition) is 8. The highest BCUT2D eigenvalue weighted by Crippen LogP contribution is 2.08. The Balaban J connectivity index is 5.50. The highest BCUT2D eigenvalue weighted by atomic mass is 32.2. The van der Waals surface area contributed by atoms with Gasteiger partial charge >= 0.3 is 17.9 Å². The maximum atomic E-state index is 12.8. The van der Waals surface area contributed by atoms with Crippen LogP contribution in [0.5, 0.6) is 0 Å². The molecule has 0 fully saturated rings. The molecular weight excluding hydrogens is 460 g/mol. The zero-order chi connectivity index (χ0) is 25.7. The average molecular weight is 493 g/mol. The van der Waals surface area contributed by atoms with Crippen molar-refractivity contribution in [3.05, 3.63) is 0 Å². The Bertz CT molecular complexity index is 732. The molecule has 0 heterocycles. The molecule has 0 bridgehead atoms. The van der Waals surface area contributed by atoms with E-state index >= 15 is 0 Å². The van der Waals surface area contributed by atoms with Gasteiger partial charge in [0.1, 0.15) is 18.1 Å². The normalized spacial score (nSPS) is 14.5. The first kappa shape index (κ1) is 30.1. The number of carboxylic acids is 3. The van der Waals surface area contributed by atoms with E-state index in [-0.39, 0.29) is 12.3 Å². The summed E-state index contributed by atoms with van der Waals surface area (Å²) in [5, 5.41) is 33.6. The number of rotatable bonds is 16. The second-order valence-electron chi connectivity index (χ2n) is 7.74. The van der Waals surface area contributed by atoms with Crippen LogP contribution in [0, 0.1) is 5.92 Å². The van der Waals surface area contributed by atoms with Gasteiger partial charge in [0.2, 0.25) is 17.7 Å². The van der Waals surface area contributed by atoms with Gasteiger partial charge < -0.3 is 37.0 Å². The molecule has 4 atom stereocenters. The summed E-state index contributed by atoms with van der Waals surface area (Å²) in [5.41, 5.74) is 5.82. The quantitative estimate of drug-likeness (QED) is 0.133. The van der Waals surface area contributed by atoms with Gasteiger partial charge in [0, 0.05) is 0 Å². The van der Waals surface area contributed by atoms with Crippen LogP contribution < -0.4 is 21.7 Å². The summed E-state index contributed by atoms with van der Waals surface area (Å²) in [6.07, 6.45) is 0.526. The molecule has 188 valence electrons. The van der Waals surface area contributed by atoms with Crippen LogP contribution in [0.15, 0.2) is 0 Å². The SMILES string of the molecule is CSCC[C@H](N)C(=O)N[C@@H](CC(C)C)C(=O)N[C@@H](CC(=O)O)C(=O)N[C@@H](CC(=O)O)C(=O)O. The van der Waals surface area contributed by atoms with Gasteiger partial charge in [-0.2, -0.15) is 11.8 Å². The summed E-state index contributed by atoms with van der Waals surface area (Å²) in [6, 6.07) is -5.53. The molecule has 33 heavy (non-hydrogen) atoms. The Labute approximate surface area is 195 Å². The van der Waals surface area contributed by atoms with Crippen molar-refractivity contribution >= 4 is 47.4 Å².